The quantitative estimate of drug-likeness (QED) is 0.741. The SMILES string of the molecule is CCCC(O)C(CC)N(C)CCC(F)(F)F. The van der Waals surface area contributed by atoms with E-state index in [1.807, 2.05) is 13.8 Å². The van der Waals surface area contributed by atoms with Gasteiger partial charge >= 0.3 is 6.18 Å². The van der Waals surface area contributed by atoms with Crippen LogP contribution in [0.15, 0.2) is 0 Å². The van der Waals surface area contributed by atoms with Crippen LogP contribution in [-0.4, -0.2) is 41.9 Å². The lowest BCUT2D eigenvalue weighted by atomic mass is 10.0. The summed E-state index contributed by atoms with van der Waals surface area (Å²) in [5.41, 5.74) is 0. The molecule has 0 saturated carbocycles. The number of rotatable bonds is 7. The summed E-state index contributed by atoms with van der Waals surface area (Å²) in [5, 5.41) is 9.79. The maximum atomic E-state index is 12.0. The molecule has 0 saturated heterocycles. The third-order valence-corrected chi connectivity index (χ3v) is 2.76. The van der Waals surface area contributed by atoms with Gasteiger partial charge in [0.15, 0.2) is 0 Å². The van der Waals surface area contributed by atoms with Crippen molar-refractivity contribution in [3.8, 4) is 0 Å². The van der Waals surface area contributed by atoms with Crippen LogP contribution in [0, 0.1) is 0 Å². The van der Waals surface area contributed by atoms with Crippen LogP contribution in [-0.2, 0) is 0 Å². The van der Waals surface area contributed by atoms with Gasteiger partial charge < -0.3 is 10.0 Å². The largest absolute Gasteiger partial charge is 0.391 e. The molecule has 0 radical (unpaired) electrons. The highest BCUT2D eigenvalue weighted by atomic mass is 19.4. The Bertz CT molecular complexity index is 185. The molecule has 16 heavy (non-hydrogen) atoms. The number of nitrogens with zero attached hydrogens (tertiary/aromatic N) is 1. The zero-order chi connectivity index (χ0) is 12.8. The Morgan fingerprint density at radius 3 is 2.19 bits per heavy atom. The van der Waals surface area contributed by atoms with Crippen LogP contribution in [0.3, 0.4) is 0 Å². The number of hydrogen-bond donors (Lipinski definition) is 1. The van der Waals surface area contributed by atoms with E-state index in [9.17, 15) is 18.3 Å². The minimum atomic E-state index is -4.12. The molecule has 0 aromatic carbocycles. The number of alkyl halides is 3. The predicted octanol–water partition coefficient (Wildman–Crippen LogP) is 2.81. The Kier molecular flexibility index (Phi) is 6.99. The lowest BCUT2D eigenvalue weighted by Crippen LogP contribution is -2.42. The molecule has 0 fully saturated rings. The maximum Gasteiger partial charge on any atom is 0.390 e. The molecule has 0 aliphatic heterocycles. The highest BCUT2D eigenvalue weighted by Crippen LogP contribution is 2.21. The number of aliphatic hydroxyl groups excluding tert-OH is 1. The molecule has 0 aromatic rings. The topological polar surface area (TPSA) is 23.5 Å². The molecule has 0 aliphatic rings. The van der Waals surface area contributed by atoms with Crippen LogP contribution in [0.25, 0.3) is 0 Å². The van der Waals surface area contributed by atoms with E-state index in [1.165, 1.54) is 0 Å². The molecule has 0 amide bonds. The van der Waals surface area contributed by atoms with Gasteiger partial charge in [-0.25, -0.2) is 0 Å². The Labute approximate surface area is 95.4 Å². The molecule has 2 unspecified atom stereocenters. The molecule has 0 spiro atoms. The molecule has 0 bridgehead atoms. The van der Waals surface area contributed by atoms with Crippen LogP contribution in [0.5, 0.6) is 0 Å². The van der Waals surface area contributed by atoms with Crippen LogP contribution in [0.4, 0.5) is 13.2 Å². The summed E-state index contributed by atoms with van der Waals surface area (Å²) in [6.07, 6.45) is -3.34. The molecule has 0 rings (SSSR count). The van der Waals surface area contributed by atoms with Crippen molar-refractivity contribution in [2.45, 2.75) is 57.9 Å². The highest BCUT2D eigenvalue weighted by Gasteiger charge is 2.29. The fraction of sp³-hybridized carbons (Fsp3) is 1.00. The average molecular weight is 241 g/mol. The third-order valence-electron chi connectivity index (χ3n) is 2.76. The molecule has 98 valence electrons. The summed E-state index contributed by atoms with van der Waals surface area (Å²) in [7, 11) is 1.64. The second-order valence-electron chi connectivity index (χ2n) is 4.18. The van der Waals surface area contributed by atoms with Crippen molar-refractivity contribution < 1.29 is 18.3 Å². The van der Waals surface area contributed by atoms with E-state index >= 15 is 0 Å². The van der Waals surface area contributed by atoms with Crippen molar-refractivity contribution in [3.05, 3.63) is 0 Å². The lowest BCUT2D eigenvalue weighted by molar-refractivity contribution is -0.139. The van der Waals surface area contributed by atoms with E-state index in [4.69, 9.17) is 0 Å². The van der Waals surface area contributed by atoms with Crippen molar-refractivity contribution in [2.75, 3.05) is 13.6 Å². The molecule has 1 N–H and O–H groups in total. The number of halogens is 3. The Morgan fingerprint density at radius 2 is 1.81 bits per heavy atom. The molecule has 2 nitrogen and oxygen atoms in total. The zero-order valence-electron chi connectivity index (χ0n) is 10.2. The lowest BCUT2D eigenvalue weighted by Gasteiger charge is -2.31. The fourth-order valence-electron chi connectivity index (χ4n) is 1.83. The number of hydrogen-bond acceptors (Lipinski definition) is 2. The second kappa shape index (κ2) is 7.12. The molecule has 5 heteroatoms. The van der Waals surface area contributed by atoms with Crippen LogP contribution in [0.1, 0.15) is 39.5 Å². The first-order valence-corrected chi connectivity index (χ1v) is 5.76. The normalized spacial score (nSPS) is 16.5. The minimum absolute atomic E-state index is 0.0528. The van der Waals surface area contributed by atoms with Crippen molar-refractivity contribution >= 4 is 0 Å². The summed E-state index contributed by atoms with van der Waals surface area (Å²) >= 11 is 0. The first-order chi connectivity index (χ1) is 7.31. The molecular formula is C11H22F3NO. The third kappa shape index (κ3) is 6.33. The van der Waals surface area contributed by atoms with Gasteiger partial charge in [0.05, 0.1) is 12.5 Å². The van der Waals surface area contributed by atoms with E-state index in [-0.39, 0.29) is 12.6 Å². The van der Waals surface area contributed by atoms with Gasteiger partial charge in [-0.15, -0.1) is 0 Å². The van der Waals surface area contributed by atoms with Gasteiger partial charge in [-0.05, 0) is 19.9 Å². The molecule has 0 aliphatic carbocycles. The van der Waals surface area contributed by atoms with E-state index in [0.29, 0.717) is 12.8 Å². The highest BCUT2D eigenvalue weighted by molar-refractivity contribution is 4.76. The molecule has 0 aromatic heterocycles. The van der Waals surface area contributed by atoms with Crippen LogP contribution in [0.2, 0.25) is 0 Å². The summed E-state index contributed by atoms with van der Waals surface area (Å²) in [6.45, 7) is 3.78. The fourth-order valence-corrected chi connectivity index (χ4v) is 1.83. The zero-order valence-corrected chi connectivity index (χ0v) is 10.2. The molecule has 2 atom stereocenters. The Hall–Kier alpha value is -0.290. The summed E-state index contributed by atoms with van der Waals surface area (Å²) in [6, 6.07) is -0.178. The molecular weight excluding hydrogens is 219 g/mol. The summed E-state index contributed by atoms with van der Waals surface area (Å²) in [5.74, 6) is 0. The van der Waals surface area contributed by atoms with Gasteiger partial charge in [0.25, 0.3) is 0 Å². The maximum absolute atomic E-state index is 12.0. The summed E-state index contributed by atoms with van der Waals surface area (Å²) in [4.78, 5) is 1.60. The van der Waals surface area contributed by atoms with E-state index in [1.54, 1.807) is 11.9 Å². The monoisotopic (exact) mass is 241 g/mol. The number of likely N-dealkylation sites (N-methyl/N-ethyl adjacent to an activating group) is 1. The van der Waals surface area contributed by atoms with E-state index in [0.717, 1.165) is 6.42 Å². The van der Waals surface area contributed by atoms with Gasteiger partial charge in [-0.2, -0.15) is 13.2 Å². The van der Waals surface area contributed by atoms with Crippen LogP contribution < -0.4 is 0 Å². The van der Waals surface area contributed by atoms with Crippen molar-refractivity contribution in [3.63, 3.8) is 0 Å². The minimum Gasteiger partial charge on any atom is -0.391 e. The van der Waals surface area contributed by atoms with Gasteiger partial charge in [0.1, 0.15) is 0 Å². The van der Waals surface area contributed by atoms with Gasteiger partial charge in [0, 0.05) is 12.6 Å². The molecule has 0 heterocycles. The van der Waals surface area contributed by atoms with Gasteiger partial charge in [-0.1, -0.05) is 20.3 Å². The predicted molar refractivity (Wildman–Crippen MR) is 58.3 cm³/mol. The van der Waals surface area contributed by atoms with Gasteiger partial charge in [0.2, 0.25) is 0 Å². The number of aliphatic hydroxyl groups is 1. The van der Waals surface area contributed by atoms with Crippen molar-refractivity contribution in [1.82, 2.24) is 4.90 Å². The Morgan fingerprint density at radius 1 is 1.25 bits per heavy atom. The van der Waals surface area contributed by atoms with E-state index < -0.39 is 18.7 Å². The second-order valence-corrected chi connectivity index (χ2v) is 4.18. The Balaban J connectivity index is 4.15. The van der Waals surface area contributed by atoms with Crippen molar-refractivity contribution in [2.24, 2.45) is 0 Å². The smallest absolute Gasteiger partial charge is 0.390 e. The first kappa shape index (κ1) is 15.7. The standard InChI is InChI=1S/C11H22F3NO/c1-4-6-10(16)9(5-2)15(3)8-7-11(12,13)14/h9-10,16H,4-8H2,1-3H3. The van der Waals surface area contributed by atoms with Gasteiger partial charge in [-0.3, -0.25) is 0 Å². The van der Waals surface area contributed by atoms with Crippen molar-refractivity contribution in [1.29, 1.82) is 0 Å². The summed E-state index contributed by atoms with van der Waals surface area (Å²) < 4.78 is 36.1. The first-order valence-electron chi connectivity index (χ1n) is 5.76. The average Bonchev–Trinajstić information content (AvgIpc) is 2.15. The van der Waals surface area contributed by atoms with Crippen LogP contribution >= 0.6 is 0 Å². The van der Waals surface area contributed by atoms with E-state index in [2.05, 4.69) is 0 Å².